The number of ether oxygens (including phenoxy) is 1. The van der Waals surface area contributed by atoms with Gasteiger partial charge in [0, 0.05) is 38.1 Å². The predicted molar refractivity (Wildman–Crippen MR) is 133 cm³/mol. The van der Waals surface area contributed by atoms with E-state index in [1.165, 1.54) is 0 Å². The van der Waals surface area contributed by atoms with Crippen molar-refractivity contribution in [2.45, 2.75) is 12.2 Å². The number of carbonyl (C=O) groups excluding carboxylic acids is 1. The van der Waals surface area contributed by atoms with Crippen molar-refractivity contribution in [2.75, 3.05) is 36.0 Å². The molecule has 0 spiro atoms. The largest absolute Gasteiger partial charge is 0.489 e. The Balaban J connectivity index is 1.17. The highest BCUT2D eigenvalue weighted by atomic mass is 32.2. The molecule has 2 aromatic carbocycles. The Kier molecular flexibility index (Phi) is 6.64. The van der Waals surface area contributed by atoms with Crippen molar-refractivity contribution in [3.63, 3.8) is 0 Å². The van der Waals surface area contributed by atoms with E-state index < -0.39 is 5.56 Å². The Morgan fingerprint density at radius 1 is 1.03 bits per heavy atom. The fraction of sp³-hybridized carbons (Fsp3) is 0.240. The van der Waals surface area contributed by atoms with Crippen LogP contribution in [-0.4, -0.2) is 52.7 Å². The molecular formula is C25H25N5O3S. The van der Waals surface area contributed by atoms with Crippen molar-refractivity contribution in [1.82, 2.24) is 15.3 Å². The monoisotopic (exact) mass is 475 g/mol. The van der Waals surface area contributed by atoms with Crippen LogP contribution in [0.25, 0.3) is 6.08 Å². The van der Waals surface area contributed by atoms with Gasteiger partial charge in [0.25, 0.3) is 5.91 Å². The van der Waals surface area contributed by atoms with Crippen molar-refractivity contribution in [2.24, 2.45) is 0 Å². The number of hydrogen-bond acceptors (Lipinski definition) is 8. The van der Waals surface area contributed by atoms with Crippen LogP contribution < -0.4 is 19.9 Å². The summed E-state index contributed by atoms with van der Waals surface area (Å²) in [5, 5.41) is 12.0. The topological polar surface area (TPSA) is 90.8 Å². The van der Waals surface area contributed by atoms with E-state index in [4.69, 9.17) is 4.74 Å². The number of hydrogen-bond donors (Lipinski definition) is 2. The molecule has 1 atom stereocenters. The van der Waals surface area contributed by atoms with Gasteiger partial charge in [0.2, 0.25) is 5.95 Å². The number of nitrogens with zero attached hydrogens (tertiary/aromatic N) is 4. The summed E-state index contributed by atoms with van der Waals surface area (Å²) in [4.78, 5) is 25.8. The fourth-order valence-corrected chi connectivity index (χ4v) is 4.64. The number of benzene rings is 2. The van der Waals surface area contributed by atoms with Crippen LogP contribution in [0, 0.1) is 0 Å². The second-order valence-electron chi connectivity index (χ2n) is 7.98. The van der Waals surface area contributed by atoms with Gasteiger partial charge in [-0.25, -0.2) is 9.97 Å². The molecule has 0 aliphatic carbocycles. The van der Waals surface area contributed by atoms with Gasteiger partial charge < -0.3 is 25.0 Å². The maximum Gasteiger partial charge on any atom is 0.260 e. The molecule has 1 aromatic heterocycles. The summed E-state index contributed by atoms with van der Waals surface area (Å²) in [5.41, 5.74) is 2.05. The summed E-state index contributed by atoms with van der Waals surface area (Å²) < 4.78 is 5.89. The molecule has 0 saturated carbocycles. The van der Waals surface area contributed by atoms with E-state index in [9.17, 15) is 9.90 Å². The number of carbonyl (C=O) groups is 1. The average Bonchev–Trinajstić information content (AvgIpc) is 3.20. The lowest BCUT2D eigenvalue weighted by atomic mass is 10.2. The Hall–Kier alpha value is -3.56. The minimum atomic E-state index is -0.905. The summed E-state index contributed by atoms with van der Waals surface area (Å²) in [6, 6.07) is 20.1. The van der Waals surface area contributed by atoms with E-state index >= 15 is 0 Å². The molecular weight excluding hydrogens is 450 g/mol. The smallest absolute Gasteiger partial charge is 0.260 e. The van der Waals surface area contributed by atoms with E-state index in [2.05, 4.69) is 49.4 Å². The minimum absolute atomic E-state index is 0.289. The second-order valence-corrected chi connectivity index (χ2v) is 9.10. The Morgan fingerprint density at radius 2 is 1.76 bits per heavy atom. The highest BCUT2D eigenvalue weighted by Crippen LogP contribution is 2.28. The molecule has 174 valence electrons. The molecule has 1 unspecified atom stereocenters. The quantitative estimate of drug-likeness (QED) is 0.526. The van der Waals surface area contributed by atoms with Gasteiger partial charge in [0.15, 0.2) is 5.56 Å². The minimum Gasteiger partial charge on any atom is -0.489 e. The van der Waals surface area contributed by atoms with E-state index in [-0.39, 0.29) is 5.91 Å². The van der Waals surface area contributed by atoms with Gasteiger partial charge in [-0.1, -0.05) is 42.1 Å². The van der Waals surface area contributed by atoms with E-state index in [1.807, 2.05) is 30.3 Å². The van der Waals surface area contributed by atoms with Crippen molar-refractivity contribution < 1.29 is 14.6 Å². The molecule has 2 saturated heterocycles. The third-order valence-electron chi connectivity index (χ3n) is 5.67. The lowest BCUT2D eigenvalue weighted by molar-refractivity contribution is -0.117. The molecule has 2 fully saturated rings. The SMILES string of the molecule is O=C1NC(O)SC1=Cc1ccnc(N2CCN(c3ccc(OCc4ccccc4)cc3)CC2)n1. The highest BCUT2D eigenvalue weighted by molar-refractivity contribution is 8.05. The predicted octanol–water partition coefficient (Wildman–Crippen LogP) is 2.86. The van der Waals surface area contributed by atoms with Crippen molar-refractivity contribution >= 4 is 35.4 Å². The molecule has 3 heterocycles. The molecule has 0 bridgehead atoms. The molecule has 3 aromatic rings. The number of aromatic nitrogens is 2. The maximum absolute atomic E-state index is 11.8. The van der Waals surface area contributed by atoms with Crippen LogP contribution in [-0.2, 0) is 11.4 Å². The normalized spacial score (nSPS) is 19.4. The molecule has 0 radical (unpaired) electrons. The molecule has 2 N–H and O–H groups in total. The molecule has 8 nitrogen and oxygen atoms in total. The Bertz CT molecular complexity index is 1160. The van der Waals surface area contributed by atoms with Gasteiger partial charge in [-0.3, -0.25) is 4.79 Å². The summed E-state index contributed by atoms with van der Waals surface area (Å²) in [7, 11) is 0. The Morgan fingerprint density at radius 3 is 2.47 bits per heavy atom. The number of aliphatic hydroxyl groups excluding tert-OH is 1. The highest BCUT2D eigenvalue weighted by Gasteiger charge is 2.25. The lowest BCUT2D eigenvalue weighted by Gasteiger charge is -2.36. The van der Waals surface area contributed by atoms with Crippen LogP contribution in [0.2, 0.25) is 0 Å². The van der Waals surface area contributed by atoms with Crippen molar-refractivity contribution in [3.05, 3.63) is 83.0 Å². The van der Waals surface area contributed by atoms with Gasteiger partial charge >= 0.3 is 0 Å². The number of aliphatic hydroxyl groups is 1. The second kappa shape index (κ2) is 10.1. The fourth-order valence-electron chi connectivity index (χ4n) is 3.87. The standard InChI is InChI=1S/C25H25N5O3S/c31-23-22(34-25(32)28-23)16-19-10-11-26-24(27-19)30-14-12-29(13-15-30)20-6-8-21(9-7-20)33-17-18-4-2-1-3-5-18/h1-11,16,25,32H,12-15,17H2,(H,28,31). The number of amides is 1. The van der Waals surface area contributed by atoms with Gasteiger partial charge in [-0.15, -0.1) is 0 Å². The lowest BCUT2D eigenvalue weighted by Crippen LogP contribution is -2.47. The van der Waals surface area contributed by atoms with Crippen LogP contribution in [0.1, 0.15) is 11.3 Å². The summed E-state index contributed by atoms with van der Waals surface area (Å²) >= 11 is 1.08. The zero-order valence-electron chi connectivity index (χ0n) is 18.5. The van der Waals surface area contributed by atoms with Crippen LogP contribution in [0.4, 0.5) is 11.6 Å². The number of piperazine rings is 1. The summed E-state index contributed by atoms with van der Waals surface area (Å²) in [6.07, 6.45) is 3.38. The average molecular weight is 476 g/mol. The first-order chi connectivity index (χ1) is 16.6. The van der Waals surface area contributed by atoms with Crippen LogP contribution >= 0.6 is 11.8 Å². The molecule has 9 heteroatoms. The number of nitrogens with one attached hydrogen (secondary N) is 1. The molecule has 5 rings (SSSR count). The molecule has 2 aliphatic rings. The van der Waals surface area contributed by atoms with Crippen LogP contribution in [0.3, 0.4) is 0 Å². The number of rotatable bonds is 6. The molecule has 34 heavy (non-hydrogen) atoms. The van der Waals surface area contributed by atoms with Crippen molar-refractivity contribution in [3.8, 4) is 5.75 Å². The van der Waals surface area contributed by atoms with E-state index in [0.717, 1.165) is 54.9 Å². The van der Waals surface area contributed by atoms with Gasteiger partial charge in [-0.2, -0.15) is 0 Å². The maximum atomic E-state index is 11.8. The molecule has 2 aliphatic heterocycles. The van der Waals surface area contributed by atoms with Gasteiger partial charge in [0.1, 0.15) is 12.4 Å². The third kappa shape index (κ3) is 5.32. The molecule has 1 amide bonds. The third-order valence-corrected chi connectivity index (χ3v) is 6.57. The summed E-state index contributed by atoms with van der Waals surface area (Å²) in [5.74, 6) is 1.21. The zero-order valence-corrected chi connectivity index (χ0v) is 19.3. The van der Waals surface area contributed by atoms with E-state index in [1.54, 1.807) is 18.3 Å². The first-order valence-electron chi connectivity index (χ1n) is 11.1. The van der Waals surface area contributed by atoms with E-state index in [0.29, 0.717) is 23.2 Å². The first kappa shape index (κ1) is 22.2. The Labute approximate surface area is 202 Å². The summed E-state index contributed by atoms with van der Waals surface area (Å²) in [6.45, 7) is 3.84. The van der Waals surface area contributed by atoms with Gasteiger partial charge in [0.05, 0.1) is 10.6 Å². The zero-order chi connectivity index (χ0) is 23.3. The number of anilines is 2. The van der Waals surface area contributed by atoms with Gasteiger partial charge in [-0.05, 0) is 42.0 Å². The van der Waals surface area contributed by atoms with Crippen LogP contribution in [0.15, 0.2) is 71.8 Å². The first-order valence-corrected chi connectivity index (χ1v) is 12.0. The van der Waals surface area contributed by atoms with Crippen molar-refractivity contribution in [1.29, 1.82) is 0 Å². The number of thioether (sulfide) groups is 1. The van der Waals surface area contributed by atoms with Crippen LogP contribution in [0.5, 0.6) is 5.75 Å².